The lowest BCUT2D eigenvalue weighted by molar-refractivity contribution is -0.757. The molecule has 2 aromatic carbocycles. The Morgan fingerprint density at radius 3 is 2.54 bits per heavy atom. The van der Waals surface area contributed by atoms with Gasteiger partial charge in [-0.15, -0.1) is 10.1 Å². The van der Waals surface area contributed by atoms with E-state index in [2.05, 4.69) is 21.5 Å². The van der Waals surface area contributed by atoms with Crippen LogP contribution < -0.4 is 23.5 Å². The summed E-state index contributed by atoms with van der Waals surface area (Å²) in [5, 5.41) is 11.2. The number of esters is 1. The number of aromatic nitrogens is 1. The summed E-state index contributed by atoms with van der Waals surface area (Å²) in [5.41, 5.74) is 3.42. The zero-order valence-electron chi connectivity index (χ0n) is 22.1. The smallest absolute Gasteiger partial charge is 0.311 e. The highest BCUT2D eigenvalue weighted by molar-refractivity contribution is 5.93. The molecule has 0 radical (unpaired) electrons. The van der Waals surface area contributed by atoms with Crippen LogP contribution in [0.1, 0.15) is 56.9 Å². The van der Waals surface area contributed by atoms with Crippen molar-refractivity contribution in [3.05, 3.63) is 52.2 Å². The summed E-state index contributed by atoms with van der Waals surface area (Å²) in [7, 11) is 1.58. The first-order chi connectivity index (χ1) is 19.0. The molecule has 0 bridgehead atoms. The molecule has 0 spiro atoms. The molecule has 0 fully saturated rings. The van der Waals surface area contributed by atoms with E-state index >= 15 is 0 Å². The van der Waals surface area contributed by atoms with Crippen LogP contribution in [0.25, 0.3) is 22.0 Å². The third-order valence-corrected chi connectivity index (χ3v) is 7.23. The van der Waals surface area contributed by atoms with E-state index in [1.54, 1.807) is 7.11 Å². The summed E-state index contributed by atoms with van der Waals surface area (Å²) in [6.45, 7) is 1.19. The summed E-state index contributed by atoms with van der Waals surface area (Å²) in [4.78, 5) is 27.2. The van der Waals surface area contributed by atoms with Gasteiger partial charge in [-0.25, -0.2) is 0 Å². The fraction of sp³-hybridized carbons (Fsp3) is 0.448. The molecule has 0 unspecified atom stereocenters. The first-order valence-electron chi connectivity index (χ1n) is 13.5. The van der Waals surface area contributed by atoms with Gasteiger partial charge in [-0.3, -0.25) is 4.79 Å². The number of aryl methyl sites for hydroxylation is 2. The first-order valence-corrected chi connectivity index (χ1v) is 13.5. The lowest BCUT2D eigenvalue weighted by Gasteiger charge is -2.17. The van der Waals surface area contributed by atoms with E-state index in [1.807, 2.05) is 24.4 Å². The molecule has 10 heteroatoms. The largest absolute Gasteiger partial charge is 0.493 e. The van der Waals surface area contributed by atoms with Gasteiger partial charge < -0.3 is 23.8 Å². The maximum absolute atomic E-state index is 12.8. The predicted octanol–water partition coefficient (Wildman–Crippen LogP) is 5.32. The highest BCUT2D eigenvalue weighted by atomic mass is 16.9. The van der Waals surface area contributed by atoms with Gasteiger partial charge in [-0.2, -0.15) is 4.57 Å². The summed E-state index contributed by atoms with van der Waals surface area (Å²) in [6, 6.07) is 10.1. The quantitative estimate of drug-likeness (QED) is 0.0719. The molecule has 5 rings (SSSR count). The van der Waals surface area contributed by atoms with Crippen LogP contribution in [-0.4, -0.2) is 31.6 Å². The third kappa shape index (κ3) is 6.16. The van der Waals surface area contributed by atoms with Gasteiger partial charge in [0.05, 0.1) is 24.7 Å². The van der Waals surface area contributed by atoms with Crippen molar-refractivity contribution in [2.24, 2.45) is 0 Å². The number of hydrogen-bond donors (Lipinski definition) is 0. The molecule has 3 heterocycles. The Bertz CT molecular complexity index is 1370. The average molecular weight is 538 g/mol. The van der Waals surface area contributed by atoms with Crippen molar-refractivity contribution in [3.8, 4) is 34.3 Å². The van der Waals surface area contributed by atoms with Gasteiger partial charge in [-0.05, 0) is 48.1 Å². The van der Waals surface area contributed by atoms with Crippen LogP contribution in [0.3, 0.4) is 0 Å². The molecule has 10 nitrogen and oxygen atoms in total. The fourth-order valence-corrected chi connectivity index (χ4v) is 5.22. The maximum Gasteiger partial charge on any atom is 0.311 e. The highest BCUT2D eigenvalue weighted by Gasteiger charge is 2.29. The van der Waals surface area contributed by atoms with Crippen molar-refractivity contribution in [2.75, 3.05) is 20.5 Å². The molecule has 206 valence electrons. The number of methoxy groups -OCH3 is 1. The zero-order valence-corrected chi connectivity index (χ0v) is 22.1. The van der Waals surface area contributed by atoms with Gasteiger partial charge in [0.25, 0.3) is 5.09 Å². The van der Waals surface area contributed by atoms with E-state index in [-0.39, 0.29) is 19.4 Å². The highest BCUT2D eigenvalue weighted by Crippen LogP contribution is 2.41. The molecular weight excluding hydrogens is 504 g/mol. The van der Waals surface area contributed by atoms with Crippen LogP contribution in [0.5, 0.6) is 23.0 Å². The number of carbonyl (C=O) groups excluding carboxylic acids is 1. The number of rotatable bonds is 13. The Morgan fingerprint density at radius 1 is 1.03 bits per heavy atom. The first kappa shape index (κ1) is 26.5. The molecule has 0 atom stereocenters. The monoisotopic (exact) mass is 537 g/mol. The van der Waals surface area contributed by atoms with Crippen molar-refractivity contribution < 1.29 is 38.2 Å². The SMILES string of the molecule is COc1ccc2cc3[n+](cc2c1OC(=O)CCCCCCCCCO[N+](=O)[O-])CCc1cc2c(cc1-3)OCO2. The van der Waals surface area contributed by atoms with Crippen molar-refractivity contribution in [1.29, 1.82) is 0 Å². The van der Waals surface area contributed by atoms with Gasteiger partial charge >= 0.3 is 5.97 Å². The summed E-state index contributed by atoms with van der Waals surface area (Å²) in [6.07, 6.45) is 9.50. The Hall–Kier alpha value is -4.08. The number of fused-ring (bicyclic) bond motifs is 5. The number of ether oxygens (including phenoxy) is 4. The van der Waals surface area contributed by atoms with Gasteiger partial charge in [0.1, 0.15) is 0 Å². The normalized spacial score (nSPS) is 13.1. The molecule has 0 N–H and O–H groups in total. The van der Waals surface area contributed by atoms with Crippen molar-refractivity contribution in [1.82, 2.24) is 0 Å². The second-order valence-electron chi connectivity index (χ2n) is 9.82. The Labute approximate surface area is 226 Å². The Kier molecular flexibility index (Phi) is 8.29. The minimum atomic E-state index is -0.755. The molecule has 3 aromatic rings. The lowest BCUT2D eigenvalue weighted by atomic mass is 9.95. The molecule has 0 aliphatic carbocycles. The lowest BCUT2D eigenvalue weighted by Crippen LogP contribution is -2.40. The molecular formula is C29H33N2O8+. The topological polar surface area (TPSA) is 110 Å². The Morgan fingerprint density at radius 2 is 1.77 bits per heavy atom. The van der Waals surface area contributed by atoms with E-state index in [1.165, 1.54) is 5.56 Å². The number of unbranched alkanes of at least 4 members (excludes halogenated alkanes) is 6. The summed E-state index contributed by atoms with van der Waals surface area (Å²) < 4.78 is 24.8. The minimum absolute atomic E-state index is 0.150. The number of hydrogen-bond acceptors (Lipinski definition) is 8. The number of pyridine rings is 1. The average Bonchev–Trinajstić information content (AvgIpc) is 3.39. The molecule has 0 saturated carbocycles. The van der Waals surface area contributed by atoms with Crippen LogP contribution in [-0.2, 0) is 22.6 Å². The van der Waals surface area contributed by atoms with Crippen LogP contribution in [0.15, 0.2) is 36.5 Å². The van der Waals surface area contributed by atoms with Gasteiger partial charge in [-0.1, -0.05) is 32.1 Å². The summed E-state index contributed by atoms with van der Waals surface area (Å²) >= 11 is 0. The number of carbonyl (C=O) groups is 1. The summed E-state index contributed by atoms with van der Waals surface area (Å²) in [5.74, 6) is 2.25. The van der Waals surface area contributed by atoms with Crippen LogP contribution in [0.4, 0.5) is 0 Å². The van der Waals surface area contributed by atoms with Crippen LogP contribution in [0, 0.1) is 10.1 Å². The fourth-order valence-electron chi connectivity index (χ4n) is 5.22. The second kappa shape index (κ2) is 12.2. The van der Waals surface area contributed by atoms with E-state index < -0.39 is 5.09 Å². The molecule has 39 heavy (non-hydrogen) atoms. The van der Waals surface area contributed by atoms with Crippen molar-refractivity contribution in [2.45, 2.75) is 64.3 Å². The van der Waals surface area contributed by atoms with E-state index in [0.29, 0.717) is 24.3 Å². The molecule has 0 saturated heterocycles. The number of nitrogens with zero attached hydrogens (tertiary/aromatic N) is 2. The molecule has 0 amide bonds. The predicted molar refractivity (Wildman–Crippen MR) is 141 cm³/mol. The molecule has 1 aromatic heterocycles. The van der Waals surface area contributed by atoms with E-state index in [9.17, 15) is 14.9 Å². The number of benzene rings is 2. The van der Waals surface area contributed by atoms with Crippen molar-refractivity contribution in [3.63, 3.8) is 0 Å². The van der Waals surface area contributed by atoms with Gasteiger partial charge in [0.2, 0.25) is 12.5 Å². The van der Waals surface area contributed by atoms with E-state index in [0.717, 1.165) is 85.0 Å². The third-order valence-electron chi connectivity index (χ3n) is 7.23. The zero-order chi connectivity index (χ0) is 27.2. The van der Waals surface area contributed by atoms with Crippen LogP contribution in [0.2, 0.25) is 0 Å². The van der Waals surface area contributed by atoms with E-state index in [4.69, 9.17) is 18.9 Å². The molecule has 2 aliphatic heterocycles. The van der Waals surface area contributed by atoms with Crippen molar-refractivity contribution >= 4 is 16.7 Å². The second-order valence-corrected chi connectivity index (χ2v) is 9.82. The van der Waals surface area contributed by atoms with Crippen LogP contribution >= 0.6 is 0 Å². The Balaban J connectivity index is 1.21. The van der Waals surface area contributed by atoms with Gasteiger partial charge in [0.15, 0.2) is 35.7 Å². The maximum atomic E-state index is 12.8. The standard InChI is InChI=1S/C29H33N2O8/c1-35-25-11-10-20-15-24-22-17-27-26(36-19-37-27)16-21(22)12-13-30(24)18-23(20)29(25)39-28(32)9-7-5-3-2-4-6-8-14-38-31(33)34/h10-11,15-18H,2-9,12-14,19H2,1H3/q+1. The molecule has 2 aliphatic rings. The minimum Gasteiger partial charge on any atom is -0.493 e. The van der Waals surface area contributed by atoms with Gasteiger partial charge in [0, 0.05) is 18.9 Å².